The fourth-order valence-electron chi connectivity index (χ4n) is 2.44. The molecule has 1 aromatic carbocycles. The van der Waals surface area contributed by atoms with Crippen molar-refractivity contribution in [2.75, 3.05) is 6.61 Å². The Kier molecular flexibility index (Phi) is 5.17. The van der Waals surface area contributed by atoms with Gasteiger partial charge in [-0.15, -0.1) is 0 Å². The van der Waals surface area contributed by atoms with Crippen molar-refractivity contribution in [1.82, 2.24) is 9.78 Å². The monoisotopic (exact) mass is 352 g/mol. The van der Waals surface area contributed by atoms with Crippen molar-refractivity contribution in [2.45, 2.75) is 20.8 Å². The number of carbonyl (C=O) groups excluding carboxylic acids is 1. The molecule has 0 unspecified atom stereocenters. The van der Waals surface area contributed by atoms with Crippen LogP contribution in [0.5, 0.6) is 5.88 Å². The van der Waals surface area contributed by atoms with Gasteiger partial charge >= 0.3 is 0 Å². The summed E-state index contributed by atoms with van der Waals surface area (Å²) in [5.41, 5.74) is 2.86. The van der Waals surface area contributed by atoms with Gasteiger partial charge in [0.05, 0.1) is 10.7 Å². The molecular weight excluding hydrogens is 335 g/mol. The van der Waals surface area contributed by atoms with E-state index in [0.29, 0.717) is 38.3 Å². The molecule has 0 spiro atoms. The molecule has 0 N–H and O–H groups in total. The zero-order valence-corrected chi connectivity index (χ0v) is 15.0. The fraction of sp³-hybridized carbons (Fsp3) is 0.294. The molecule has 0 saturated heterocycles. The molecule has 2 rings (SSSR count). The molecule has 0 atom stereocenters. The highest BCUT2D eigenvalue weighted by atomic mass is 35.5. The van der Waals surface area contributed by atoms with Gasteiger partial charge in [-0.3, -0.25) is 4.79 Å². The van der Waals surface area contributed by atoms with Gasteiger partial charge in [0.2, 0.25) is 11.7 Å². The molecule has 0 aliphatic rings. The first-order chi connectivity index (χ1) is 10.8. The summed E-state index contributed by atoms with van der Waals surface area (Å²) in [4.78, 5) is 13.0. The van der Waals surface area contributed by atoms with E-state index in [9.17, 15) is 4.79 Å². The molecule has 1 aromatic heterocycles. The average molecular weight is 353 g/mol. The second-order valence-electron chi connectivity index (χ2n) is 5.31. The molecule has 0 saturated carbocycles. The Morgan fingerprint density at radius 3 is 2.61 bits per heavy atom. The van der Waals surface area contributed by atoms with Gasteiger partial charge in [0, 0.05) is 17.6 Å². The highest BCUT2D eigenvalue weighted by molar-refractivity contribution is 6.39. The number of aryl methyl sites for hydroxylation is 3. The van der Waals surface area contributed by atoms with Crippen molar-refractivity contribution in [3.8, 4) is 5.88 Å². The molecule has 1 heterocycles. The second kappa shape index (κ2) is 6.77. The first-order valence-corrected chi connectivity index (χ1v) is 7.82. The number of carbonyl (C=O) groups is 1. The molecule has 0 radical (unpaired) electrons. The SMILES string of the molecule is C=CCOc1c(C(=O)c2cc(C)c(Cl)c(C)c2Cl)c(C)nn1C. The lowest BCUT2D eigenvalue weighted by molar-refractivity contribution is 0.103. The maximum absolute atomic E-state index is 13.0. The molecule has 4 nitrogen and oxygen atoms in total. The van der Waals surface area contributed by atoms with Crippen LogP contribution in [-0.4, -0.2) is 22.2 Å². The minimum atomic E-state index is -0.234. The van der Waals surface area contributed by atoms with Crippen LogP contribution in [-0.2, 0) is 7.05 Å². The molecule has 23 heavy (non-hydrogen) atoms. The maximum Gasteiger partial charge on any atom is 0.223 e. The van der Waals surface area contributed by atoms with Crippen LogP contribution in [0.25, 0.3) is 0 Å². The van der Waals surface area contributed by atoms with Gasteiger partial charge in [0.15, 0.2) is 0 Å². The highest BCUT2D eigenvalue weighted by Gasteiger charge is 2.26. The number of nitrogens with zero attached hydrogens (tertiary/aromatic N) is 2. The summed E-state index contributed by atoms with van der Waals surface area (Å²) in [7, 11) is 1.72. The van der Waals surface area contributed by atoms with Crippen LogP contribution in [0, 0.1) is 20.8 Å². The van der Waals surface area contributed by atoms with Crippen LogP contribution in [0.1, 0.15) is 32.7 Å². The van der Waals surface area contributed by atoms with Crippen LogP contribution < -0.4 is 4.74 Å². The smallest absolute Gasteiger partial charge is 0.223 e. The molecule has 2 aromatic rings. The summed E-state index contributed by atoms with van der Waals surface area (Å²) in [6, 6.07) is 1.70. The van der Waals surface area contributed by atoms with E-state index in [-0.39, 0.29) is 12.4 Å². The molecule has 122 valence electrons. The Morgan fingerprint density at radius 1 is 1.35 bits per heavy atom. The van der Waals surface area contributed by atoms with E-state index in [1.165, 1.54) is 4.68 Å². The van der Waals surface area contributed by atoms with E-state index in [4.69, 9.17) is 27.9 Å². The summed E-state index contributed by atoms with van der Waals surface area (Å²) in [5, 5.41) is 5.19. The Morgan fingerprint density at radius 2 is 2.00 bits per heavy atom. The number of hydrogen-bond donors (Lipinski definition) is 0. The number of halogens is 2. The fourth-order valence-corrected chi connectivity index (χ4v) is 2.87. The minimum absolute atomic E-state index is 0.234. The largest absolute Gasteiger partial charge is 0.473 e. The average Bonchev–Trinajstić information content (AvgIpc) is 2.79. The molecule has 0 aliphatic carbocycles. The van der Waals surface area contributed by atoms with Crippen molar-refractivity contribution in [3.63, 3.8) is 0 Å². The minimum Gasteiger partial charge on any atom is -0.473 e. The Hall–Kier alpha value is -1.78. The standard InChI is InChI=1S/C17H18Cl2N2O2/c1-6-7-23-17-13(11(4)20-21(17)5)16(22)12-8-9(2)14(18)10(3)15(12)19/h6,8H,1,7H2,2-5H3. The van der Waals surface area contributed by atoms with E-state index in [2.05, 4.69) is 11.7 Å². The first-order valence-electron chi connectivity index (χ1n) is 7.06. The Labute approximate surface area is 145 Å². The van der Waals surface area contributed by atoms with Crippen LogP contribution in [0.3, 0.4) is 0 Å². The normalized spacial score (nSPS) is 10.7. The maximum atomic E-state index is 13.0. The molecule has 0 bridgehead atoms. The lowest BCUT2D eigenvalue weighted by atomic mass is 9.99. The third-order valence-electron chi connectivity index (χ3n) is 3.58. The van der Waals surface area contributed by atoms with Crippen LogP contribution >= 0.6 is 23.2 Å². The van der Waals surface area contributed by atoms with Crippen molar-refractivity contribution in [2.24, 2.45) is 7.05 Å². The van der Waals surface area contributed by atoms with E-state index in [1.807, 2.05) is 6.92 Å². The second-order valence-corrected chi connectivity index (χ2v) is 6.07. The third kappa shape index (κ3) is 3.14. The number of ketones is 1. The van der Waals surface area contributed by atoms with E-state index in [1.54, 1.807) is 33.0 Å². The van der Waals surface area contributed by atoms with Gasteiger partial charge in [-0.2, -0.15) is 5.10 Å². The number of rotatable bonds is 5. The van der Waals surface area contributed by atoms with Gasteiger partial charge in [0.25, 0.3) is 0 Å². The predicted octanol–water partition coefficient (Wildman–Crippen LogP) is 4.45. The topological polar surface area (TPSA) is 44.1 Å². The third-order valence-corrected chi connectivity index (χ3v) is 4.65. The summed E-state index contributed by atoms with van der Waals surface area (Å²) in [5.74, 6) is 0.163. The molecule has 0 amide bonds. The molecule has 0 aliphatic heterocycles. The van der Waals surface area contributed by atoms with Crippen LogP contribution in [0.4, 0.5) is 0 Å². The number of aromatic nitrogens is 2. The summed E-state index contributed by atoms with van der Waals surface area (Å²) in [6.45, 7) is 9.29. The quantitative estimate of drug-likeness (QED) is 0.589. The van der Waals surface area contributed by atoms with Gasteiger partial charge in [-0.1, -0.05) is 35.9 Å². The number of benzene rings is 1. The Bertz CT molecular complexity index is 795. The van der Waals surface area contributed by atoms with Gasteiger partial charge in [-0.25, -0.2) is 4.68 Å². The van der Waals surface area contributed by atoms with Gasteiger partial charge in [-0.05, 0) is 38.0 Å². The first kappa shape index (κ1) is 17.6. The van der Waals surface area contributed by atoms with Gasteiger partial charge < -0.3 is 4.74 Å². The predicted molar refractivity (Wildman–Crippen MR) is 93.0 cm³/mol. The van der Waals surface area contributed by atoms with Crippen molar-refractivity contribution >= 4 is 29.0 Å². The van der Waals surface area contributed by atoms with Crippen LogP contribution in [0.2, 0.25) is 10.0 Å². The Balaban J connectivity index is 2.60. The van der Waals surface area contributed by atoms with Crippen LogP contribution in [0.15, 0.2) is 18.7 Å². The zero-order valence-electron chi connectivity index (χ0n) is 13.5. The van der Waals surface area contributed by atoms with Crippen molar-refractivity contribution in [3.05, 3.63) is 56.7 Å². The lowest BCUT2D eigenvalue weighted by Crippen LogP contribution is -2.09. The van der Waals surface area contributed by atoms with Gasteiger partial charge in [0.1, 0.15) is 12.2 Å². The summed E-state index contributed by atoms with van der Waals surface area (Å²) < 4.78 is 7.13. The molecular formula is C17H18Cl2N2O2. The van der Waals surface area contributed by atoms with E-state index in [0.717, 1.165) is 5.56 Å². The summed E-state index contributed by atoms with van der Waals surface area (Å²) >= 11 is 12.5. The molecule has 0 fully saturated rings. The van der Waals surface area contributed by atoms with E-state index < -0.39 is 0 Å². The van der Waals surface area contributed by atoms with Crippen molar-refractivity contribution in [1.29, 1.82) is 0 Å². The zero-order chi connectivity index (χ0) is 17.3. The summed E-state index contributed by atoms with van der Waals surface area (Å²) in [6.07, 6.45) is 1.61. The lowest BCUT2D eigenvalue weighted by Gasteiger charge is -2.12. The highest BCUT2D eigenvalue weighted by Crippen LogP contribution is 2.34. The van der Waals surface area contributed by atoms with E-state index >= 15 is 0 Å². The number of hydrogen-bond acceptors (Lipinski definition) is 3. The van der Waals surface area contributed by atoms with Crippen molar-refractivity contribution < 1.29 is 9.53 Å². The molecule has 6 heteroatoms. The number of ether oxygens (including phenoxy) is 1.